The Kier molecular flexibility index (Phi) is 4.80. The Morgan fingerprint density at radius 2 is 2.19 bits per heavy atom. The minimum absolute atomic E-state index is 0.138. The molecule has 6 heteroatoms. The molecule has 0 fully saturated rings. The van der Waals surface area contributed by atoms with Crippen LogP contribution in [0, 0.1) is 0 Å². The summed E-state index contributed by atoms with van der Waals surface area (Å²) in [6.45, 7) is 3.91. The molecule has 0 aliphatic heterocycles. The highest BCUT2D eigenvalue weighted by Gasteiger charge is 2.25. The third-order valence-electron chi connectivity index (χ3n) is 3.28. The molecule has 21 heavy (non-hydrogen) atoms. The number of aromatic nitrogens is 1. The van der Waals surface area contributed by atoms with Crippen molar-refractivity contribution in [2.24, 2.45) is 0 Å². The van der Waals surface area contributed by atoms with Crippen LogP contribution in [0.1, 0.15) is 38.3 Å². The summed E-state index contributed by atoms with van der Waals surface area (Å²) in [5.41, 5.74) is 1.52. The molecular weight excluding hydrogens is 274 g/mol. The number of esters is 1. The van der Waals surface area contributed by atoms with Crippen LogP contribution >= 0.6 is 0 Å². The lowest BCUT2D eigenvalue weighted by Crippen LogP contribution is -2.28. The van der Waals surface area contributed by atoms with E-state index in [1.54, 1.807) is 18.2 Å². The van der Waals surface area contributed by atoms with E-state index in [-0.39, 0.29) is 6.61 Å². The second kappa shape index (κ2) is 6.58. The number of hydrogen-bond donors (Lipinski definition) is 1. The van der Waals surface area contributed by atoms with Crippen LogP contribution in [0.4, 0.5) is 0 Å². The molecule has 1 unspecified atom stereocenters. The highest BCUT2D eigenvalue weighted by molar-refractivity contribution is 5.79. The predicted molar refractivity (Wildman–Crippen MR) is 77.0 cm³/mol. The lowest BCUT2D eigenvalue weighted by Gasteiger charge is -2.14. The molecule has 1 aromatic carbocycles. The van der Waals surface area contributed by atoms with E-state index in [1.807, 2.05) is 13.8 Å². The summed E-state index contributed by atoms with van der Waals surface area (Å²) in [5, 5.41) is 9.11. The molecule has 0 bridgehead atoms. The molecular formula is C15H19NO5. The van der Waals surface area contributed by atoms with Gasteiger partial charge in [-0.1, -0.05) is 19.9 Å². The van der Waals surface area contributed by atoms with Crippen LogP contribution in [-0.2, 0) is 16.1 Å². The number of carbonyl (C=O) groups is 1. The second-order valence-corrected chi connectivity index (χ2v) is 4.79. The van der Waals surface area contributed by atoms with Crippen LogP contribution in [-0.4, -0.2) is 22.2 Å². The number of aliphatic hydroxyl groups excluding tert-OH is 1. The molecule has 0 spiro atoms. The number of aliphatic hydroxyl groups is 1. The smallest absolute Gasteiger partial charge is 0.420 e. The van der Waals surface area contributed by atoms with Crippen molar-refractivity contribution in [2.45, 2.75) is 39.3 Å². The monoisotopic (exact) mass is 293 g/mol. The Balaban J connectivity index is 2.46. The molecule has 6 nitrogen and oxygen atoms in total. The van der Waals surface area contributed by atoms with E-state index >= 15 is 0 Å². The van der Waals surface area contributed by atoms with E-state index in [1.165, 1.54) is 4.57 Å². The molecule has 0 radical (unpaired) electrons. The average Bonchev–Trinajstić information content (AvgIpc) is 2.81. The van der Waals surface area contributed by atoms with Gasteiger partial charge in [0, 0.05) is 0 Å². The van der Waals surface area contributed by atoms with Gasteiger partial charge in [-0.15, -0.1) is 0 Å². The Hall–Kier alpha value is -2.08. The number of benzene rings is 1. The number of nitrogens with zero attached hydrogens (tertiary/aromatic N) is 1. The highest BCUT2D eigenvalue weighted by atomic mass is 16.5. The third-order valence-corrected chi connectivity index (χ3v) is 3.28. The van der Waals surface area contributed by atoms with E-state index < -0.39 is 17.8 Å². The predicted octanol–water partition coefficient (Wildman–Crippen LogP) is 1.99. The van der Waals surface area contributed by atoms with E-state index in [9.17, 15) is 9.59 Å². The Morgan fingerprint density at radius 1 is 1.43 bits per heavy atom. The SMILES string of the molecule is CCCOC(=O)C(CC)n1c(=O)oc2cc(CO)ccc21. The number of oxazole rings is 1. The molecule has 2 rings (SSSR count). The van der Waals surface area contributed by atoms with Crippen molar-refractivity contribution in [3.8, 4) is 0 Å². The minimum Gasteiger partial charge on any atom is -0.464 e. The molecule has 1 N–H and O–H groups in total. The fraction of sp³-hybridized carbons (Fsp3) is 0.467. The summed E-state index contributed by atoms with van der Waals surface area (Å²) >= 11 is 0. The number of hydrogen-bond acceptors (Lipinski definition) is 5. The van der Waals surface area contributed by atoms with Gasteiger partial charge in [0.15, 0.2) is 5.58 Å². The van der Waals surface area contributed by atoms with Gasteiger partial charge in [0.1, 0.15) is 6.04 Å². The highest BCUT2D eigenvalue weighted by Crippen LogP contribution is 2.21. The number of ether oxygens (including phenoxy) is 1. The van der Waals surface area contributed by atoms with Gasteiger partial charge in [0.05, 0.1) is 18.7 Å². The van der Waals surface area contributed by atoms with E-state index in [0.29, 0.717) is 29.7 Å². The number of carbonyl (C=O) groups excluding carboxylic acids is 1. The maximum Gasteiger partial charge on any atom is 0.420 e. The van der Waals surface area contributed by atoms with Gasteiger partial charge < -0.3 is 14.3 Å². The zero-order valence-electron chi connectivity index (χ0n) is 12.2. The zero-order chi connectivity index (χ0) is 15.4. The van der Waals surface area contributed by atoms with Gasteiger partial charge in [-0.05, 0) is 30.5 Å². The van der Waals surface area contributed by atoms with Gasteiger partial charge in [0.25, 0.3) is 0 Å². The van der Waals surface area contributed by atoms with Crippen LogP contribution in [0.15, 0.2) is 27.4 Å². The maximum absolute atomic E-state index is 12.1. The summed E-state index contributed by atoms with van der Waals surface area (Å²) < 4.78 is 11.6. The van der Waals surface area contributed by atoms with Crippen molar-refractivity contribution >= 4 is 17.1 Å². The molecule has 114 valence electrons. The average molecular weight is 293 g/mol. The standard InChI is InChI=1S/C15H19NO5/c1-3-7-20-14(18)11(4-2)16-12-6-5-10(9-17)8-13(12)21-15(16)19/h5-6,8,11,17H,3-4,7,9H2,1-2H3. The molecule has 0 saturated carbocycles. The van der Waals surface area contributed by atoms with E-state index in [0.717, 1.165) is 6.42 Å². The first kappa shape index (κ1) is 15.3. The van der Waals surface area contributed by atoms with Crippen molar-refractivity contribution in [1.82, 2.24) is 4.57 Å². The van der Waals surface area contributed by atoms with Gasteiger partial charge in [-0.25, -0.2) is 9.59 Å². The number of rotatable bonds is 6. The van der Waals surface area contributed by atoms with Crippen LogP contribution in [0.3, 0.4) is 0 Å². The summed E-state index contributed by atoms with van der Waals surface area (Å²) in [7, 11) is 0. The summed E-state index contributed by atoms with van der Waals surface area (Å²) in [6, 6.07) is 4.25. The molecule has 0 aliphatic carbocycles. The number of fused-ring (bicyclic) bond motifs is 1. The van der Waals surface area contributed by atoms with Crippen molar-refractivity contribution in [2.75, 3.05) is 6.61 Å². The van der Waals surface area contributed by atoms with Crippen LogP contribution in [0.5, 0.6) is 0 Å². The van der Waals surface area contributed by atoms with Gasteiger partial charge in [0.2, 0.25) is 0 Å². The van der Waals surface area contributed by atoms with Crippen molar-refractivity contribution in [3.05, 3.63) is 34.3 Å². The Labute approximate surface area is 121 Å². The first-order valence-electron chi connectivity index (χ1n) is 7.03. The lowest BCUT2D eigenvalue weighted by atomic mass is 10.2. The largest absolute Gasteiger partial charge is 0.464 e. The summed E-state index contributed by atoms with van der Waals surface area (Å²) in [4.78, 5) is 24.1. The van der Waals surface area contributed by atoms with Crippen LogP contribution < -0.4 is 5.76 Å². The van der Waals surface area contributed by atoms with Gasteiger partial charge in [-0.3, -0.25) is 4.57 Å². The summed E-state index contributed by atoms with van der Waals surface area (Å²) in [5.74, 6) is -1.03. The summed E-state index contributed by atoms with van der Waals surface area (Å²) in [6.07, 6.45) is 1.15. The molecule has 1 atom stereocenters. The van der Waals surface area contributed by atoms with Crippen molar-refractivity contribution in [1.29, 1.82) is 0 Å². The van der Waals surface area contributed by atoms with Gasteiger partial charge in [-0.2, -0.15) is 0 Å². The third kappa shape index (κ3) is 3.00. The second-order valence-electron chi connectivity index (χ2n) is 4.79. The first-order chi connectivity index (χ1) is 10.1. The molecule has 1 aromatic heterocycles. The maximum atomic E-state index is 12.1. The Bertz CT molecular complexity index is 685. The van der Waals surface area contributed by atoms with E-state index in [2.05, 4.69) is 0 Å². The minimum atomic E-state index is -0.703. The van der Waals surface area contributed by atoms with Crippen molar-refractivity contribution in [3.63, 3.8) is 0 Å². The fourth-order valence-electron chi connectivity index (χ4n) is 2.23. The molecule has 2 aromatic rings. The fourth-order valence-corrected chi connectivity index (χ4v) is 2.23. The normalized spacial score (nSPS) is 12.5. The van der Waals surface area contributed by atoms with E-state index in [4.69, 9.17) is 14.3 Å². The van der Waals surface area contributed by atoms with Gasteiger partial charge >= 0.3 is 11.7 Å². The zero-order valence-corrected chi connectivity index (χ0v) is 12.2. The lowest BCUT2D eigenvalue weighted by molar-refractivity contribution is -0.147. The first-order valence-corrected chi connectivity index (χ1v) is 7.03. The van der Waals surface area contributed by atoms with Crippen LogP contribution in [0.2, 0.25) is 0 Å². The quantitative estimate of drug-likeness (QED) is 0.824. The molecule has 0 aliphatic rings. The van der Waals surface area contributed by atoms with Crippen LogP contribution in [0.25, 0.3) is 11.1 Å². The topological polar surface area (TPSA) is 81.7 Å². The molecule has 1 heterocycles. The molecule has 0 amide bonds. The molecule has 0 saturated heterocycles. The Morgan fingerprint density at radius 3 is 2.81 bits per heavy atom. The van der Waals surface area contributed by atoms with Crippen molar-refractivity contribution < 1.29 is 19.1 Å².